The summed E-state index contributed by atoms with van der Waals surface area (Å²) in [5.41, 5.74) is 0. The summed E-state index contributed by atoms with van der Waals surface area (Å²) in [7, 11) is 0. The van der Waals surface area contributed by atoms with Gasteiger partial charge in [0.05, 0.1) is 0 Å². The third-order valence-corrected chi connectivity index (χ3v) is 0.882. The first-order chi connectivity index (χ1) is 3.80. The third-order valence-electron chi connectivity index (χ3n) is 0.882. The number of rotatable bonds is 0. The Kier molecular flexibility index (Phi) is 2.58. The van der Waals surface area contributed by atoms with Crippen LogP contribution < -0.4 is 0 Å². The van der Waals surface area contributed by atoms with E-state index in [2.05, 4.69) is 0 Å². The maximum Gasteiger partial charge on any atom is 0.157 e. The van der Waals surface area contributed by atoms with E-state index in [0.717, 1.165) is 0 Å². The number of phenolic OH excluding ortho intramolecular Hbond substituents is 2. The highest BCUT2D eigenvalue weighted by molar-refractivity contribution is 5.36. The third kappa shape index (κ3) is 1.64. The summed E-state index contributed by atoms with van der Waals surface area (Å²) >= 11 is 0. The number of hydrogen-bond donors (Lipinski definition) is 2. The molecule has 1 aromatic rings. The molecule has 0 aliphatic carbocycles. The van der Waals surface area contributed by atoms with Crippen LogP contribution >= 0.6 is 0 Å². The van der Waals surface area contributed by atoms with Gasteiger partial charge >= 0.3 is 0 Å². The van der Waals surface area contributed by atoms with E-state index in [0.29, 0.717) is 0 Å². The van der Waals surface area contributed by atoms with E-state index in [1.807, 2.05) is 0 Å². The minimum Gasteiger partial charge on any atom is -0.504 e. The summed E-state index contributed by atoms with van der Waals surface area (Å²) in [5.74, 6) is -0.153. The van der Waals surface area contributed by atoms with Crippen molar-refractivity contribution in [1.82, 2.24) is 0 Å². The molecular weight excluding hydrogens is 116 g/mol. The summed E-state index contributed by atoms with van der Waals surface area (Å²) < 4.78 is 0. The molecule has 0 spiro atoms. The summed E-state index contributed by atoms with van der Waals surface area (Å²) in [6.45, 7) is 0. The summed E-state index contributed by atoms with van der Waals surface area (Å²) in [4.78, 5) is 0. The Morgan fingerprint density at radius 2 is 1.22 bits per heavy atom. The molecule has 0 saturated carbocycles. The maximum absolute atomic E-state index is 8.67. The fourth-order valence-electron chi connectivity index (χ4n) is 0.464. The van der Waals surface area contributed by atoms with Crippen LogP contribution in [0.5, 0.6) is 11.5 Å². The molecule has 0 saturated heterocycles. The second-order valence-corrected chi connectivity index (χ2v) is 1.49. The highest BCUT2D eigenvalue weighted by Crippen LogP contribution is 2.21. The van der Waals surface area contributed by atoms with E-state index >= 15 is 0 Å². The molecular formula is C7H10O2. The lowest BCUT2D eigenvalue weighted by Crippen LogP contribution is -1.63. The molecule has 50 valence electrons. The topological polar surface area (TPSA) is 40.5 Å². The molecule has 2 N–H and O–H groups in total. The van der Waals surface area contributed by atoms with Gasteiger partial charge in [0.2, 0.25) is 0 Å². The minimum absolute atomic E-state index is 0. The summed E-state index contributed by atoms with van der Waals surface area (Å²) in [5, 5.41) is 17.3. The molecule has 0 fully saturated rings. The Morgan fingerprint density at radius 3 is 1.44 bits per heavy atom. The second-order valence-electron chi connectivity index (χ2n) is 1.49. The zero-order valence-corrected chi connectivity index (χ0v) is 4.20. The van der Waals surface area contributed by atoms with E-state index in [1.54, 1.807) is 12.1 Å². The van der Waals surface area contributed by atoms with Gasteiger partial charge in [-0.15, -0.1) is 0 Å². The molecule has 0 heterocycles. The predicted octanol–water partition coefficient (Wildman–Crippen LogP) is 1.73. The predicted molar refractivity (Wildman–Crippen MR) is 36.5 cm³/mol. The van der Waals surface area contributed by atoms with Crippen LogP contribution in [0.2, 0.25) is 0 Å². The quantitative estimate of drug-likeness (QED) is 0.520. The maximum atomic E-state index is 8.67. The van der Waals surface area contributed by atoms with E-state index in [4.69, 9.17) is 10.2 Å². The average Bonchev–Trinajstić information content (AvgIpc) is 1.77. The molecule has 0 aromatic heterocycles. The highest BCUT2D eigenvalue weighted by atomic mass is 16.3. The van der Waals surface area contributed by atoms with Crippen LogP contribution in [0.4, 0.5) is 0 Å². The molecule has 0 atom stereocenters. The Labute approximate surface area is 54.4 Å². The molecule has 1 aromatic carbocycles. The first-order valence-corrected chi connectivity index (χ1v) is 2.27. The second kappa shape index (κ2) is 2.97. The van der Waals surface area contributed by atoms with E-state index in [-0.39, 0.29) is 18.9 Å². The van der Waals surface area contributed by atoms with Gasteiger partial charge in [0.1, 0.15) is 0 Å². The van der Waals surface area contributed by atoms with Crippen LogP contribution in [0.1, 0.15) is 7.43 Å². The average molecular weight is 126 g/mol. The van der Waals surface area contributed by atoms with Crippen molar-refractivity contribution in [3.8, 4) is 11.5 Å². The number of benzene rings is 1. The molecule has 0 radical (unpaired) electrons. The normalized spacial score (nSPS) is 8.00. The molecule has 0 unspecified atom stereocenters. The van der Waals surface area contributed by atoms with Crippen molar-refractivity contribution in [2.75, 3.05) is 0 Å². The molecule has 0 aliphatic rings. The van der Waals surface area contributed by atoms with Crippen LogP contribution in [0.3, 0.4) is 0 Å². The van der Waals surface area contributed by atoms with Crippen molar-refractivity contribution >= 4 is 0 Å². The number of phenols is 2. The van der Waals surface area contributed by atoms with Crippen LogP contribution in [0.25, 0.3) is 0 Å². The minimum atomic E-state index is -0.0764. The van der Waals surface area contributed by atoms with Crippen molar-refractivity contribution in [3.63, 3.8) is 0 Å². The largest absolute Gasteiger partial charge is 0.504 e. The molecule has 1 rings (SSSR count). The van der Waals surface area contributed by atoms with Crippen molar-refractivity contribution < 1.29 is 10.2 Å². The van der Waals surface area contributed by atoms with Gasteiger partial charge in [0.25, 0.3) is 0 Å². The van der Waals surface area contributed by atoms with Crippen molar-refractivity contribution in [1.29, 1.82) is 0 Å². The fraction of sp³-hybridized carbons (Fsp3) is 0.143. The van der Waals surface area contributed by atoms with Crippen LogP contribution in [0, 0.1) is 0 Å². The molecule has 2 heteroatoms. The van der Waals surface area contributed by atoms with Crippen LogP contribution in [0.15, 0.2) is 24.3 Å². The highest BCUT2D eigenvalue weighted by Gasteiger charge is 1.90. The Bertz CT molecular complexity index is 163. The fourth-order valence-corrected chi connectivity index (χ4v) is 0.464. The Balaban J connectivity index is 0.000000640. The van der Waals surface area contributed by atoms with Gasteiger partial charge in [-0.05, 0) is 12.1 Å². The van der Waals surface area contributed by atoms with Crippen molar-refractivity contribution in [3.05, 3.63) is 24.3 Å². The SMILES string of the molecule is C.Oc1ccccc1O. The van der Waals surface area contributed by atoms with E-state index in [1.165, 1.54) is 12.1 Å². The summed E-state index contributed by atoms with van der Waals surface area (Å²) in [6, 6.07) is 6.15. The number of aromatic hydroxyl groups is 2. The van der Waals surface area contributed by atoms with Crippen molar-refractivity contribution in [2.24, 2.45) is 0 Å². The Hall–Kier alpha value is -1.18. The van der Waals surface area contributed by atoms with Gasteiger partial charge in [-0.25, -0.2) is 0 Å². The van der Waals surface area contributed by atoms with Gasteiger partial charge in [-0.1, -0.05) is 19.6 Å². The van der Waals surface area contributed by atoms with E-state index < -0.39 is 0 Å². The number of hydrogen-bond acceptors (Lipinski definition) is 2. The monoisotopic (exact) mass is 126 g/mol. The van der Waals surface area contributed by atoms with Crippen LogP contribution in [-0.4, -0.2) is 10.2 Å². The zero-order chi connectivity index (χ0) is 5.98. The van der Waals surface area contributed by atoms with Gasteiger partial charge < -0.3 is 10.2 Å². The van der Waals surface area contributed by atoms with Crippen molar-refractivity contribution in [2.45, 2.75) is 7.43 Å². The summed E-state index contributed by atoms with van der Waals surface area (Å²) in [6.07, 6.45) is 0. The van der Waals surface area contributed by atoms with Gasteiger partial charge in [0, 0.05) is 0 Å². The molecule has 0 amide bonds. The van der Waals surface area contributed by atoms with Gasteiger partial charge in [-0.3, -0.25) is 0 Å². The molecule has 9 heavy (non-hydrogen) atoms. The van der Waals surface area contributed by atoms with Gasteiger partial charge in [0.15, 0.2) is 11.5 Å². The molecule has 0 aliphatic heterocycles. The van der Waals surface area contributed by atoms with E-state index in [9.17, 15) is 0 Å². The molecule has 0 bridgehead atoms. The Morgan fingerprint density at radius 1 is 0.889 bits per heavy atom. The lowest BCUT2D eigenvalue weighted by atomic mass is 10.3. The van der Waals surface area contributed by atoms with Gasteiger partial charge in [-0.2, -0.15) is 0 Å². The number of para-hydroxylation sites is 2. The smallest absolute Gasteiger partial charge is 0.157 e. The standard InChI is InChI=1S/C6H6O2.CH4/c7-5-3-1-2-4-6(5)8;/h1-4,7-8H;1H4. The lowest BCUT2D eigenvalue weighted by Gasteiger charge is -1.91. The van der Waals surface area contributed by atoms with Crippen LogP contribution in [-0.2, 0) is 0 Å². The zero-order valence-electron chi connectivity index (χ0n) is 4.20. The molecule has 2 nitrogen and oxygen atoms in total. The first kappa shape index (κ1) is 7.82. The first-order valence-electron chi connectivity index (χ1n) is 2.27. The lowest BCUT2D eigenvalue weighted by molar-refractivity contribution is 0.404.